The number of nitrogens with zero attached hydrogens (tertiary/aromatic N) is 2. The van der Waals surface area contributed by atoms with Crippen LogP contribution in [0.25, 0.3) is 21.8 Å². The van der Waals surface area contributed by atoms with Gasteiger partial charge in [-0.3, -0.25) is 0 Å². The van der Waals surface area contributed by atoms with Gasteiger partial charge in [0.05, 0.1) is 10.8 Å². The van der Waals surface area contributed by atoms with Crippen LogP contribution in [0.4, 0.5) is 4.39 Å². The third-order valence-electron chi connectivity index (χ3n) is 5.32. The molecule has 0 radical (unpaired) electrons. The first-order chi connectivity index (χ1) is 14.0. The Morgan fingerprint density at radius 1 is 0.897 bits per heavy atom. The quantitative estimate of drug-likeness (QED) is 0.357. The van der Waals surface area contributed by atoms with Crippen LogP contribution in [0.2, 0.25) is 0 Å². The summed E-state index contributed by atoms with van der Waals surface area (Å²) in [5.74, 6) is 0.653. The minimum absolute atomic E-state index is 0.203. The summed E-state index contributed by atoms with van der Waals surface area (Å²) >= 11 is 0. The maximum Gasteiger partial charge on any atom is 0.213 e. The number of benzene rings is 3. The number of hydrogen-bond donors (Lipinski definition) is 0. The molecule has 0 fully saturated rings. The van der Waals surface area contributed by atoms with Crippen LogP contribution in [0.1, 0.15) is 11.1 Å². The van der Waals surface area contributed by atoms with Crippen molar-refractivity contribution in [3.63, 3.8) is 0 Å². The fourth-order valence-corrected chi connectivity index (χ4v) is 3.82. The highest BCUT2D eigenvalue weighted by molar-refractivity contribution is 5.94. The van der Waals surface area contributed by atoms with Crippen molar-refractivity contribution in [1.82, 2.24) is 4.90 Å². The van der Waals surface area contributed by atoms with Crippen molar-refractivity contribution in [1.29, 1.82) is 0 Å². The van der Waals surface area contributed by atoms with Gasteiger partial charge in [0.15, 0.2) is 0 Å². The van der Waals surface area contributed by atoms with Crippen molar-refractivity contribution in [2.45, 2.75) is 6.42 Å². The molecule has 3 nitrogen and oxygen atoms in total. The fourth-order valence-electron chi connectivity index (χ4n) is 3.82. The second kappa shape index (κ2) is 8.18. The number of aryl methyl sites for hydroxylation is 1. The van der Waals surface area contributed by atoms with E-state index in [0.717, 1.165) is 34.3 Å². The van der Waals surface area contributed by atoms with Gasteiger partial charge in [-0.1, -0.05) is 24.3 Å². The van der Waals surface area contributed by atoms with Gasteiger partial charge in [0.2, 0.25) is 11.0 Å². The Labute approximate surface area is 171 Å². The lowest BCUT2D eigenvalue weighted by atomic mass is 9.96. The fraction of sp³-hybridized carbons (Fsp3) is 0.240. The molecule has 4 heteroatoms. The normalized spacial score (nSPS) is 11.5. The molecule has 0 aliphatic rings. The standard InChI is InChI=1S/C25H26FN2O/c1-27(2)13-14-29-20-11-12-25-23(17-20)22(16-18-7-6-8-19(26)15-18)21-9-4-5-10-24(21)28(25)3/h4-12,15,17H,13-14,16H2,1-3H3/q+1. The number of halogens is 1. The zero-order valence-electron chi connectivity index (χ0n) is 17.2. The van der Waals surface area contributed by atoms with Gasteiger partial charge < -0.3 is 9.64 Å². The number of ether oxygens (including phenoxy) is 1. The molecule has 0 aliphatic heterocycles. The van der Waals surface area contributed by atoms with E-state index in [1.165, 1.54) is 17.0 Å². The van der Waals surface area contributed by atoms with Crippen molar-refractivity contribution < 1.29 is 13.7 Å². The monoisotopic (exact) mass is 389 g/mol. The third-order valence-corrected chi connectivity index (χ3v) is 5.32. The van der Waals surface area contributed by atoms with Crippen LogP contribution in [-0.4, -0.2) is 32.1 Å². The number of para-hydroxylation sites is 1. The molecule has 1 heterocycles. The Morgan fingerprint density at radius 3 is 2.48 bits per heavy atom. The van der Waals surface area contributed by atoms with Gasteiger partial charge in [-0.2, -0.15) is 4.57 Å². The van der Waals surface area contributed by atoms with Gasteiger partial charge >= 0.3 is 0 Å². The van der Waals surface area contributed by atoms with Gasteiger partial charge in [-0.15, -0.1) is 0 Å². The molecule has 0 N–H and O–H groups in total. The maximum absolute atomic E-state index is 13.8. The highest BCUT2D eigenvalue weighted by Crippen LogP contribution is 2.30. The molecule has 0 atom stereocenters. The molecule has 0 unspecified atom stereocenters. The number of fused-ring (bicyclic) bond motifs is 2. The van der Waals surface area contributed by atoms with Crippen molar-refractivity contribution in [2.75, 3.05) is 27.2 Å². The molecule has 4 rings (SSSR count). The topological polar surface area (TPSA) is 16.4 Å². The van der Waals surface area contributed by atoms with Gasteiger partial charge in [0.1, 0.15) is 25.2 Å². The Balaban J connectivity index is 1.87. The van der Waals surface area contributed by atoms with Gasteiger partial charge in [-0.25, -0.2) is 4.39 Å². The highest BCUT2D eigenvalue weighted by atomic mass is 19.1. The van der Waals surface area contributed by atoms with E-state index in [1.54, 1.807) is 12.1 Å². The van der Waals surface area contributed by atoms with Crippen LogP contribution in [0.5, 0.6) is 5.75 Å². The van der Waals surface area contributed by atoms with E-state index in [-0.39, 0.29) is 5.82 Å². The van der Waals surface area contributed by atoms with Crippen LogP contribution in [0.15, 0.2) is 66.7 Å². The van der Waals surface area contributed by atoms with E-state index in [4.69, 9.17) is 4.74 Å². The predicted molar refractivity (Wildman–Crippen MR) is 116 cm³/mol. The van der Waals surface area contributed by atoms with E-state index in [2.05, 4.69) is 52.9 Å². The summed E-state index contributed by atoms with van der Waals surface area (Å²) in [6.07, 6.45) is 0.663. The Kier molecular flexibility index (Phi) is 5.45. The summed E-state index contributed by atoms with van der Waals surface area (Å²) in [5, 5.41) is 2.31. The lowest BCUT2D eigenvalue weighted by molar-refractivity contribution is -0.617. The van der Waals surface area contributed by atoms with Crippen LogP contribution in [0.3, 0.4) is 0 Å². The summed E-state index contributed by atoms with van der Waals surface area (Å²) in [6, 6.07) is 21.5. The minimum Gasteiger partial charge on any atom is -0.492 e. The summed E-state index contributed by atoms with van der Waals surface area (Å²) in [7, 11) is 6.16. The second-order valence-corrected chi connectivity index (χ2v) is 7.69. The minimum atomic E-state index is -0.203. The molecular formula is C25H26FN2O+. The Bertz CT molecular complexity index is 1170. The largest absolute Gasteiger partial charge is 0.492 e. The maximum atomic E-state index is 13.8. The summed E-state index contributed by atoms with van der Waals surface area (Å²) in [4.78, 5) is 2.10. The molecule has 1 aromatic heterocycles. The average molecular weight is 389 g/mol. The number of hydrogen-bond acceptors (Lipinski definition) is 2. The molecule has 148 valence electrons. The molecule has 0 amide bonds. The van der Waals surface area contributed by atoms with E-state index < -0.39 is 0 Å². The summed E-state index contributed by atoms with van der Waals surface area (Å²) < 4.78 is 22.0. The first-order valence-corrected chi connectivity index (χ1v) is 9.88. The van der Waals surface area contributed by atoms with Crippen molar-refractivity contribution in [2.24, 2.45) is 7.05 Å². The lowest BCUT2D eigenvalue weighted by Gasteiger charge is -2.14. The average Bonchev–Trinajstić information content (AvgIpc) is 2.71. The van der Waals surface area contributed by atoms with Gasteiger partial charge in [0, 0.05) is 18.7 Å². The van der Waals surface area contributed by atoms with Crippen LogP contribution in [0, 0.1) is 5.82 Å². The highest BCUT2D eigenvalue weighted by Gasteiger charge is 2.18. The molecule has 0 spiro atoms. The SMILES string of the molecule is CN(C)CCOc1ccc2c(c1)c(Cc1cccc(F)c1)c1ccccc1[n+]2C. The van der Waals surface area contributed by atoms with E-state index >= 15 is 0 Å². The van der Waals surface area contributed by atoms with Gasteiger partial charge in [0.25, 0.3) is 0 Å². The van der Waals surface area contributed by atoms with Crippen molar-refractivity contribution >= 4 is 21.8 Å². The third kappa shape index (κ3) is 4.08. The Hall–Kier alpha value is -2.98. The van der Waals surface area contributed by atoms with Crippen molar-refractivity contribution in [3.8, 4) is 5.75 Å². The smallest absolute Gasteiger partial charge is 0.213 e. The zero-order chi connectivity index (χ0) is 20.4. The summed E-state index contributed by atoms with van der Waals surface area (Å²) in [6.45, 7) is 1.50. The van der Waals surface area contributed by atoms with Gasteiger partial charge in [-0.05, 0) is 62.0 Å². The molecule has 0 saturated carbocycles. The Morgan fingerprint density at radius 2 is 1.69 bits per heavy atom. The molecule has 0 aliphatic carbocycles. The molecule has 29 heavy (non-hydrogen) atoms. The first kappa shape index (κ1) is 19.3. The molecular weight excluding hydrogens is 363 g/mol. The van der Waals surface area contributed by atoms with E-state index in [0.29, 0.717) is 13.0 Å². The zero-order valence-corrected chi connectivity index (χ0v) is 17.2. The predicted octanol–water partition coefficient (Wildman–Crippen LogP) is 4.49. The number of pyridine rings is 1. The lowest BCUT2D eigenvalue weighted by Crippen LogP contribution is -2.30. The molecule has 4 aromatic rings. The molecule has 0 saturated heterocycles. The van der Waals surface area contributed by atoms with Crippen LogP contribution < -0.4 is 9.30 Å². The van der Waals surface area contributed by atoms with E-state index in [1.807, 2.05) is 26.2 Å². The molecule has 0 bridgehead atoms. The number of likely N-dealkylation sites (N-methyl/N-ethyl adjacent to an activating group) is 1. The second-order valence-electron chi connectivity index (χ2n) is 7.69. The van der Waals surface area contributed by atoms with Crippen LogP contribution >= 0.6 is 0 Å². The van der Waals surface area contributed by atoms with Crippen molar-refractivity contribution in [3.05, 3.63) is 83.7 Å². The number of rotatable bonds is 6. The van der Waals surface area contributed by atoms with Crippen LogP contribution in [-0.2, 0) is 13.5 Å². The molecule has 3 aromatic carbocycles. The summed E-state index contributed by atoms with van der Waals surface area (Å²) in [5.41, 5.74) is 4.45. The first-order valence-electron chi connectivity index (χ1n) is 9.88. The number of aromatic nitrogens is 1. The van der Waals surface area contributed by atoms with E-state index in [9.17, 15) is 4.39 Å².